The Morgan fingerprint density at radius 3 is 2.59 bits per heavy atom. The van der Waals surface area contributed by atoms with Crippen LogP contribution in [0.15, 0.2) is 35.3 Å². The van der Waals surface area contributed by atoms with Crippen molar-refractivity contribution in [1.29, 1.82) is 5.26 Å². The van der Waals surface area contributed by atoms with E-state index in [4.69, 9.17) is 5.26 Å². The summed E-state index contributed by atoms with van der Waals surface area (Å²) in [6.07, 6.45) is 3.55. The van der Waals surface area contributed by atoms with E-state index in [2.05, 4.69) is 41.7 Å². The quantitative estimate of drug-likeness (QED) is 0.548. The molecule has 0 radical (unpaired) electrons. The number of nitriles is 1. The molecule has 3 atom stereocenters. The number of aryl methyl sites for hydroxylation is 2. The van der Waals surface area contributed by atoms with Gasteiger partial charge in [-0.05, 0) is 38.3 Å². The average Bonchev–Trinajstić information content (AvgIpc) is 3.24. The van der Waals surface area contributed by atoms with Gasteiger partial charge in [0.15, 0.2) is 0 Å². The number of halogens is 1. The van der Waals surface area contributed by atoms with Crippen molar-refractivity contribution in [1.82, 2.24) is 19.2 Å². The first kappa shape index (κ1) is 24.0. The van der Waals surface area contributed by atoms with Crippen molar-refractivity contribution in [3.05, 3.63) is 57.8 Å². The normalized spacial score (nSPS) is 20.0. The first-order chi connectivity index (χ1) is 16.3. The second-order valence-corrected chi connectivity index (χ2v) is 9.32. The molecule has 0 N–H and O–H groups in total. The van der Waals surface area contributed by atoms with Crippen LogP contribution in [0.25, 0.3) is 11.0 Å². The number of pyridine rings is 1. The highest BCUT2D eigenvalue weighted by Crippen LogP contribution is 2.35. The Hall–Kier alpha value is -3.18. The first-order valence-electron chi connectivity index (χ1n) is 12.0. The zero-order valence-corrected chi connectivity index (χ0v) is 20.6. The largest absolute Gasteiger partial charge is 0.364 e. The number of hydrogen-bond acceptors (Lipinski definition) is 5. The molecule has 180 valence electrons. The van der Waals surface area contributed by atoms with Crippen LogP contribution in [-0.2, 0) is 13.6 Å². The number of benzene rings is 1. The van der Waals surface area contributed by atoms with E-state index >= 15 is 0 Å². The Bertz CT molecular complexity index is 1290. The Morgan fingerprint density at radius 2 is 1.94 bits per heavy atom. The molecule has 1 fully saturated rings. The maximum absolute atomic E-state index is 14.8. The van der Waals surface area contributed by atoms with Gasteiger partial charge in [0.05, 0.1) is 23.5 Å². The molecule has 1 aromatic carbocycles. The SMILES string of the molecule is CC[C@H]1CN(C(C)c2ccc(C)cc2F)[C@H](CC)CN1c1cc(=O)n(C)c2cn(CC#N)nc12. The van der Waals surface area contributed by atoms with Crippen molar-refractivity contribution in [2.75, 3.05) is 18.0 Å². The van der Waals surface area contributed by atoms with Gasteiger partial charge in [0.25, 0.3) is 5.56 Å². The highest BCUT2D eigenvalue weighted by Gasteiger charge is 2.37. The van der Waals surface area contributed by atoms with E-state index in [-0.39, 0.29) is 36.0 Å². The number of nitrogens with zero attached hydrogens (tertiary/aromatic N) is 6. The standard InChI is InChI=1S/C26H33FN6O/c1-6-19-15-33(23-13-25(34)30(5)24-16-31(11-10-28)29-26(23)24)20(7-2)14-32(19)18(4)21-9-8-17(3)12-22(21)27/h8-9,12-13,16,18-20H,6-7,11,14-15H2,1-5H3/t18?,19-,20+/m1/s1. The van der Waals surface area contributed by atoms with Gasteiger partial charge in [0, 0.05) is 49.9 Å². The molecule has 4 rings (SSSR count). The molecule has 0 spiro atoms. The molecule has 3 aromatic rings. The summed E-state index contributed by atoms with van der Waals surface area (Å²) in [6, 6.07) is 9.55. The van der Waals surface area contributed by atoms with Crippen molar-refractivity contribution >= 4 is 16.7 Å². The maximum atomic E-state index is 14.8. The van der Waals surface area contributed by atoms with E-state index in [9.17, 15) is 9.18 Å². The predicted octanol–water partition coefficient (Wildman–Crippen LogP) is 4.15. The van der Waals surface area contributed by atoms with Gasteiger partial charge in [-0.1, -0.05) is 26.0 Å². The summed E-state index contributed by atoms with van der Waals surface area (Å²) in [5.74, 6) is -0.158. The summed E-state index contributed by atoms with van der Waals surface area (Å²) < 4.78 is 18.0. The van der Waals surface area contributed by atoms with Crippen LogP contribution >= 0.6 is 0 Å². The molecule has 7 nitrogen and oxygen atoms in total. The van der Waals surface area contributed by atoms with Crippen LogP contribution in [0.3, 0.4) is 0 Å². The highest BCUT2D eigenvalue weighted by atomic mass is 19.1. The van der Waals surface area contributed by atoms with Crippen molar-refractivity contribution in [2.24, 2.45) is 7.05 Å². The number of anilines is 1. The molecule has 34 heavy (non-hydrogen) atoms. The minimum absolute atomic E-state index is 0.0553. The average molecular weight is 465 g/mol. The fourth-order valence-electron chi connectivity index (χ4n) is 5.22. The molecule has 1 aliphatic heterocycles. The molecule has 1 saturated heterocycles. The fraction of sp³-hybridized carbons (Fsp3) is 0.500. The summed E-state index contributed by atoms with van der Waals surface area (Å²) in [6.45, 7) is 9.90. The van der Waals surface area contributed by atoms with Crippen LogP contribution in [0.1, 0.15) is 50.8 Å². The number of hydrogen-bond donors (Lipinski definition) is 0. The van der Waals surface area contributed by atoms with Gasteiger partial charge in [-0.2, -0.15) is 10.4 Å². The minimum Gasteiger partial charge on any atom is -0.364 e. The number of aromatic nitrogens is 3. The molecule has 1 aliphatic rings. The Balaban J connectivity index is 1.73. The fourth-order valence-corrected chi connectivity index (χ4v) is 5.22. The van der Waals surface area contributed by atoms with Crippen LogP contribution in [0, 0.1) is 24.1 Å². The molecule has 0 bridgehead atoms. The summed E-state index contributed by atoms with van der Waals surface area (Å²) in [4.78, 5) is 17.5. The van der Waals surface area contributed by atoms with E-state index in [0.29, 0.717) is 0 Å². The van der Waals surface area contributed by atoms with Crippen LogP contribution in [0.4, 0.5) is 10.1 Å². The van der Waals surface area contributed by atoms with Crippen LogP contribution in [0.5, 0.6) is 0 Å². The Kier molecular flexibility index (Phi) is 6.76. The zero-order chi connectivity index (χ0) is 24.6. The monoisotopic (exact) mass is 464 g/mol. The highest BCUT2D eigenvalue weighted by molar-refractivity contribution is 5.88. The molecule has 0 aliphatic carbocycles. The third-order valence-electron chi connectivity index (χ3n) is 7.26. The molecular weight excluding hydrogens is 431 g/mol. The lowest BCUT2D eigenvalue weighted by molar-refractivity contribution is 0.0993. The molecule has 1 unspecified atom stereocenters. The molecule has 0 amide bonds. The third-order valence-corrected chi connectivity index (χ3v) is 7.26. The second kappa shape index (κ2) is 9.59. The molecule has 2 aromatic heterocycles. The minimum atomic E-state index is -0.158. The summed E-state index contributed by atoms with van der Waals surface area (Å²) >= 11 is 0. The number of piperazine rings is 1. The smallest absolute Gasteiger partial charge is 0.252 e. The van der Waals surface area contributed by atoms with Gasteiger partial charge in [-0.25, -0.2) is 4.39 Å². The van der Waals surface area contributed by atoms with Gasteiger partial charge >= 0.3 is 0 Å². The lowest BCUT2D eigenvalue weighted by Crippen LogP contribution is -2.59. The van der Waals surface area contributed by atoms with Crippen molar-refractivity contribution < 1.29 is 4.39 Å². The first-order valence-corrected chi connectivity index (χ1v) is 12.0. The molecular formula is C26H33FN6O. The van der Waals surface area contributed by atoms with Crippen molar-refractivity contribution in [3.63, 3.8) is 0 Å². The third kappa shape index (κ3) is 4.21. The van der Waals surface area contributed by atoms with E-state index < -0.39 is 0 Å². The summed E-state index contributed by atoms with van der Waals surface area (Å²) in [5, 5.41) is 13.8. The van der Waals surface area contributed by atoms with Gasteiger partial charge in [0.1, 0.15) is 17.9 Å². The second-order valence-electron chi connectivity index (χ2n) is 9.32. The van der Waals surface area contributed by atoms with Crippen molar-refractivity contribution in [2.45, 2.75) is 65.2 Å². The molecule has 8 heteroatoms. The van der Waals surface area contributed by atoms with E-state index in [0.717, 1.165) is 53.8 Å². The lowest BCUT2D eigenvalue weighted by atomic mass is 9.96. The van der Waals surface area contributed by atoms with Gasteiger partial charge < -0.3 is 9.47 Å². The van der Waals surface area contributed by atoms with Gasteiger partial charge in [0.2, 0.25) is 0 Å². The predicted molar refractivity (Wildman–Crippen MR) is 132 cm³/mol. The van der Waals surface area contributed by atoms with E-state index in [1.165, 1.54) is 0 Å². The van der Waals surface area contributed by atoms with E-state index in [1.54, 1.807) is 34.6 Å². The molecule has 0 saturated carbocycles. The Labute approximate surface area is 200 Å². The lowest BCUT2D eigenvalue weighted by Gasteiger charge is -2.49. The zero-order valence-electron chi connectivity index (χ0n) is 20.6. The Morgan fingerprint density at radius 1 is 1.21 bits per heavy atom. The summed E-state index contributed by atoms with van der Waals surface area (Å²) in [5.41, 5.74) is 3.81. The van der Waals surface area contributed by atoms with Crippen LogP contribution < -0.4 is 10.5 Å². The van der Waals surface area contributed by atoms with Crippen LogP contribution in [-0.4, -0.2) is 44.4 Å². The number of rotatable bonds is 6. The maximum Gasteiger partial charge on any atom is 0.252 e. The topological polar surface area (TPSA) is 70.1 Å². The molecule has 3 heterocycles. The van der Waals surface area contributed by atoms with Gasteiger partial charge in [-0.15, -0.1) is 0 Å². The van der Waals surface area contributed by atoms with Crippen LogP contribution in [0.2, 0.25) is 0 Å². The van der Waals surface area contributed by atoms with Crippen molar-refractivity contribution in [3.8, 4) is 6.07 Å². The summed E-state index contributed by atoms with van der Waals surface area (Å²) in [7, 11) is 1.73. The van der Waals surface area contributed by atoms with Gasteiger partial charge in [-0.3, -0.25) is 14.4 Å². The number of fused-ring (bicyclic) bond motifs is 1. The van der Waals surface area contributed by atoms with E-state index in [1.807, 2.05) is 19.1 Å².